The first kappa shape index (κ1) is 12.6. The van der Waals surface area contributed by atoms with Crippen molar-refractivity contribution in [1.82, 2.24) is 0 Å². The second-order valence-electron chi connectivity index (χ2n) is 6.25. The van der Waals surface area contributed by atoms with Gasteiger partial charge < -0.3 is 9.47 Å². The fraction of sp³-hybridized carbons (Fsp3) is 0.556. The molecule has 0 unspecified atom stereocenters. The molecule has 3 heterocycles. The molecule has 0 aromatic heterocycles. The summed E-state index contributed by atoms with van der Waals surface area (Å²) in [5, 5.41) is 0. The molecule has 3 aliphatic heterocycles. The van der Waals surface area contributed by atoms with Gasteiger partial charge in [0.05, 0.1) is 24.4 Å². The molecule has 0 aliphatic carbocycles. The average molecular weight is 270 g/mol. The molecule has 2 heteroatoms. The molecule has 106 valence electrons. The minimum atomic E-state index is 0.211. The molecule has 1 aromatic carbocycles. The summed E-state index contributed by atoms with van der Waals surface area (Å²) in [6.45, 7) is 2.25. The van der Waals surface area contributed by atoms with Crippen LogP contribution in [0.4, 0.5) is 0 Å². The molecular weight excluding hydrogens is 248 g/mol. The summed E-state index contributed by atoms with van der Waals surface area (Å²) in [4.78, 5) is 0. The van der Waals surface area contributed by atoms with Gasteiger partial charge in [0.15, 0.2) is 0 Å². The Bertz CT molecular complexity index is 495. The van der Waals surface area contributed by atoms with Gasteiger partial charge in [0.25, 0.3) is 0 Å². The van der Waals surface area contributed by atoms with E-state index >= 15 is 0 Å². The lowest BCUT2D eigenvalue weighted by molar-refractivity contribution is -0.0262. The Kier molecular flexibility index (Phi) is 3.16. The minimum absolute atomic E-state index is 0.211. The number of hydrogen-bond donors (Lipinski definition) is 0. The molecule has 2 nitrogen and oxygen atoms in total. The van der Waals surface area contributed by atoms with Crippen LogP contribution in [0.15, 0.2) is 42.5 Å². The normalized spacial score (nSPS) is 41.2. The molecule has 2 saturated heterocycles. The van der Waals surface area contributed by atoms with E-state index < -0.39 is 0 Å². The maximum absolute atomic E-state index is 6.48. The molecule has 0 N–H and O–H groups in total. The van der Waals surface area contributed by atoms with Gasteiger partial charge >= 0.3 is 0 Å². The van der Waals surface area contributed by atoms with Crippen LogP contribution in [-0.4, -0.2) is 18.3 Å². The van der Waals surface area contributed by atoms with Crippen molar-refractivity contribution in [3.8, 4) is 0 Å². The topological polar surface area (TPSA) is 18.5 Å². The largest absolute Gasteiger partial charge is 0.369 e. The zero-order chi connectivity index (χ0) is 13.5. The molecule has 0 radical (unpaired) electrons. The van der Waals surface area contributed by atoms with Gasteiger partial charge in [-0.1, -0.05) is 62.2 Å². The third kappa shape index (κ3) is 1.86. The lowest BCUT2D eigenvalue weighted by Gasteiger charge is -2.21. The van der Waals surface area contributed by atoms with Crippen molar-refractivity contribution in [2.45, 2.75) is 50.6 Å². The molecule has 4 rings (SSSR count). The van der Waals surface area contributed by atoms with Crippen molar-refractivity contribution < 1.29 is 9.47 Å². The van der Waals surface area contributed by atoms with Crippen LogP contribution in [-0.2, 0) is 9.47 Å². The van der Waals surface area contributed by atoms with Crippen LogP contribution >= 0.6 is 0 Å². The van der Waals surface area contributed by atoms with Crippen LogP contribution in [0.5, 0.6) is 0 Å². The van der Waals surface area contributed by atoms with Crippen molar-refractivity contribution in [3.63, 3.8) is 0 Å². The van der Waals surface area contributed by atoms with Gasteiger partial charge in [-0.25, -0.2) is 0 Å². The third-order valence-corrected chi connectivity index (χ3v) is 5.08. The van der Waals surface area contributed by atoms with Gasteiger partial charge in [-0.3, -0.25) is 0 Å². The smallest absolute Gasteiger partial charge is 0.0889 e. The lowest BCUT2D eigenvalue weighted by Crippen LogP contribution is -2.28. The zero-order valence-corrected chi connectivity index (χ0v) is 11.9. The monoisotopic (exact) mass is 270 g/mol. The summed E-state index contributed by atoms with van der Waals surface area (Å²) in [6, 6.07) is 10.7. The first-order valence-electron chi connectivity index (χ1n) is 7.92. The van der Waals surface area contributed by atoms with E-state index in [9.17, 15) is 0 Å². The fourth-order valence-electron chi connectivity index (χ4n) is 4.18. The highest BCUT2D eigenvalue weighted by Crippen LogP contribution is 2.55. The quantitative estimate of drug-likeness (QED) is 0.773. The van der Waals surface area contributed by atoms with E-state index in [0.717, 1.165) is 0 Å². The van der Waals surface area contributed by atoms with Gasteiger partial charge in [0.1, 0.15) is 0 Å². The van der Waals surface area contributed by atoms with E-state index in [2.05, 4.69) is 49.4 Å². The van der Waals surface area contributed by atoms with Gasteiger partial charge in [0.2, 0.25) is 0 Å². The summed E-state index contributed by atoms with van der Waals surface area (Å²) >= 11 is 0. The summed E-state index contributed by atoms with van der Waals surface area (Å²) in [5.41, 5.74) is 1.31. The van der Waals surface area contributed by atoms with E-state index in [1.807, 2.05) is 0 Å². The number of benzene rings is 1. The van der Waals surface area contributed by atoms with Crippen molar-refractivity contribution in [2.24, 2.45) is 11.8 Å². The van der Waals surface area contributed by atoms with E-state index in [4.69, 9.17) is 9.47 Å². The Morgan fingerprint density at radius 1 is 0.950 bits per heavy atom. The molecule has 0 spiro atoms. The summed E-state index contributed by atoms with van der Waals surface area (Å²) in [5.74, 6) is 1.07. The first-order chi connectivity index (χ1) is 9.88. The molecule has 2 fully saturated rings. The van der Waals surface area contributed by atoms with Crippen LogP contribution in [0, 0.1) is 11.8 Å². The molecule has 3 aliphatic rings. The van der Waals surface area contributed by atoms with Crippen molar-refractivity contribution in [2.75, 3.05) is 0 Å². The second-order valence-corrected chi connectivity index (χ2v) is 6.25. The Hall–Kier alpha value is -1.12. The first-order valence-corrected chi connectivity index (χ1v) is 7.92. The highest BCUT2D eigenvalue weighted by atomic mass is 16.5. The standard InChI is InChI=1S/C18H22O2/c1-2-3-9-13-16-14-10-11-15(19-14)17(16)18(20-13)12-7-5-4-6-8-12/h4-8,10-11,13-18H,2-3,9H2,1H3/t13-,14+,15-,16-,17-,18-/m1/s1. The van der Waals surface area contributed by atoms with Crippen LogP contribution in [0.2, 0.25) is 0 Å². The zero-order valence-electron chi connectivity index (χ0n) is 11.9. The van der Waals surface area contributed by atoms with Crippen LogP contribution < -0.4 is 0 Å². The Morgan fingerprint density at radius 2 is 1.70 bits per heavy atom. The number of unbranched alkanes of at least 4 members (excludes halogenated alkanes) is 1. The van der Waals surface area contributed by atoms with Gasteiger partial charge in [-0.15, -0.1) is 0 Å². The van der Waals surface area contributed by atoms with Crippen molar-refractivity contribution in [3.05, 3.63) is 48.0 Å². The molecule has 0 saturated carbocycles. The highest BCUT2D eigenvalue weighted by molar-refractivity contribution is 5.26. The third-order valence-electron chi connectivity index (χ3n) is 5.08. The average Bonchev–Trinajstić information content (AvgIpc) is 3.18. The molecule has 2 bridgehead atoms. The second kappa shape index (κ2) is 5.01. The van der Waals surface area contributed by atoms with Crippen LogP contribution in [0.25, 0.3) is 0 Å². The SMILES string of the molecule is CCCC[C@H]1O[C@H](c2ccccc2)[C@H]2[C@H]1[C@@H]1C=C[C@H]2O1. The Balaban J connectivity index is 1.63. The highest BCUT2D eigenvalue weighted by Gasteiger charge is 2.57. The van der Waals surface area contributed by atoms with Gasteiger partial charge in [-0.05, 0) is 12.0 Å². The summed E-state index contributed by atoms with van der Waals surface area (Å²) < 4.78 is 12.6. The van der Waals surface area contributed by atoms with Crippen molar-refractivity contribution in [1.29, 1.82) is 0 Å². The van der Waals surface area contributed by atoms with E-state index in [1.54, 1.807) is 0 Å². The van der Waals surface area contributed by atoms with E-state index in [1.165, 1.54) is 24.8 Å². The summed E-state index contributed by atoms with van der Waals surface area (Å²) in [6.07, 6.45) is 9.28. The minimum Gasteiger partial charge on any atom is -0.369 e. The van der Waals surface area contributed by atoms with Crippen LogP contribution in [0.3, 0.4) is 0 Å². The predicted molar refractivity (Wildman–Crippen MR) is 78.4 cm³/mol. The van der Waals surface area contributed by atoms with E-state index in [-0.39, 0.29) is 12.2 Å². The number of rotatable bonds is 4. The summed E-state index contributed by atoms with van der Waals surface area (Å²) in [7, 11) is 0. The van der Waals surface area contributed by atoms with Gasteiger partial charge in [-0.2, -0.15) is 0 Å². The predicted octanol–water partition coefficient (Wildman–Crippen LogP) is 3.89. The van der Waals surface area contributed by atoms with Crippen LogP contribution in [0.1, 0.15) is 37.9 Å². The molecule has 6 atom stereocenters. The Labute approximate surface area is 120 Å². The molecule has 20 heavy (non-hydrogen) atoms. The maximum atomic E-state index is 6.48. The Morgan fingerprint density at radius 3 is 2.45 bits per heavy atom. The number of hydrogen-bond acceptors (Lipinski definition) is 2. The molecular formula is C18H22O2. The number of ether oxygens (including phenoxy) is 2. The molecule has 0 amide bonds. The van der Waals surface area contributed by atoms with Gasteiger partial charge in [0, 0.05) is 11.8 Å². The fourth-order valence-corrected chi connectivity index (χ4v) is 4.18. The van der Waals surface area contributed by atoms with Crippen molar-refractivity contribution >= 4 is 0 Å². The lowest BCUT2D eigenvalue weighted by atomic mass is 9.77. The molecule has 1 aromatic rings. The van der Waals surface area contributed by atoms with E-state index in [0.29, 0.717) is 24.0 Å². The number of fused-ring (bicyclic) bond motifs is 5. The maximum Gasteiger partial charge on any atom is 0.0889 e.